The highest BCUT2D eigenvalue weighted by Crippen LogP contribution is 2.44. The molecule has 2 aromatic carbocycles. The molecule has 0 bridgehead atoms. The summed E-state index contributed by atoms with van der Waals surface area (Å²) in [6.07, 6.45) is 0.480. The third-order valence-corrected chi connectivity index (χ3v) is 5.44. The fourth-order valence-electron chi connectivity index (χ4n) is 3.55. The van der Waals surface area contributed by atoms with Crippen molar-refractivity contribution in [1.29, 1.82) is 0 Å². The summed E-state index contributed by atoms with van der Waals surface area (Å²) in [5, 5.41) is 0. The van der Waals surface area contributed by atoms with Crippen LogP contribution in [0.3, 0.4) is 0 Å². The van der Waals surface area contributed by atoms with Crippen LogP contribution < -0.4 is 9.64 Å². The molecule has 13 heteroatoms. The SMILES string of the molecule is C/C=C\C(=C/C)CN(C)C(=O)CN1C(=O)C(F)(F)Oc2cc(F)c(-c3c(F)c(F)c(F)c(F)c3F)cc21. The van der Waals surface area contributed by atoms with Crippen molar-refractivity contribution in [2.75, 3.05) is 25.0 Å². The van der Waals surface area contributed by atoms with Crippen LogP contribution in [0.25, 0.3) is 11.1 Å². The van der Waals surface area contributed by atoms with Crippen LogP contribution in [0.4, 0.5) is 40.8 Å². The summed E-state index contributed by atoms with van der Waals surface area (Å²) in [6, 6.07) is 0.578. The van der Waals surface area contributed by atoms with Gasteiger partial charge in [0.2, 0.25) is 11.7 Å². The zero-order chi connectivity index (χ0) is 27.8. The number of halogens is 8. The van der Waals surface area contributed by atoms with Gasteiger partial charge in [-0.25, -0.2) is 26.3 Å². The van der Waals surface area contributed by atoms with Gasteiger partial charge in [0.25, 0.3) is 0 Å². The lowest BCUT2D eigenvalue weighted by Crippen LogP contribution is -2.53. The third kappa shape index (κ3) is 5.02. The maximum absolute atomic E-state index is 14.7. The molecule has 2 amide bonds. The van der Waals surface area contributed by atoms with Crippen molar-refractivity contribution in [3.05, 3.63) is 70.8 Å². The molecule has 5 nitrogen and oxygen atoms in total. The molecular weight excluding hydrogens is 516 g/mol. The topological polar surface area (TPSA) is 49.9 Å². The molecule has 0 saturated carbocycles. The minimum absolute atomic E-state index is 0.0146. The van der Waals surface area contributed by atoms with Crippen molar-refractivity contribution in [1.82, 2.24) is 4.90 Å². The number of benzene rings is 2. The summed E-state index contributed by atoms with van der Waals surface area (Å²) < 4.78 is 117. The number of allylic oxidation sites excluding steroid dienone is 2. The number of hydrogen-bond acceptors (Lipinski definition) is 3. The Morgan fingerprint density at radius 3 is 2.11 bits per heavy atom. The summed E-state index contributed by atoms with van der Waals surface area (Å²) in [5.74, 6) is -17.7. The Morgan fingerprint density at radius 2 is 1.57 bits per heavy atom. The molecule has 0 unspecified atom stereocenters. The van der Waals surface area contributed by atoms with E-state index in [2.05, 4.69) is 4.74 Å². The van der Waals surface area contributed by atoms with Gasteiger partial charge in [-0.05, 0) is 25.5 Å². The molecule has 0 spiro atoms. The summed E-state index contributed by atoms with van der Waals surface area (Å²) in [4.78, 5) is 26.4. The van der Waals surface area contributed by atoms with Gasteiger partial charge in [0, 0.05) is 25.2 Å². The molecule has 0 fully saturated rings. The van der Waals surface area contributed by atoms with Gasteiger partial charge < -0.3 is 9.64 Å². The van der Waals surface area contributed by atoms with E-state index < -0.39 is 81.9 Å². The Bertz CT molecular complexity index is 1310. The largest absolute Gasteiger partial charge is 0.482 e. The molecule has 3 rings (SSSR count). The van der Waals surface area contributed by atoms with Crippen LogP contribution in [0.2, 0.25) is 0 Å². The van der Waals surface area contributed by atoms with Crippen LogP contribution in [0.5, 0.6) is 5.75 Å². The van der Waals surface area contributed by atoms with Gasteiger partial charge in [-0.1, -0.05) is 18.2 Å². The van der Waals surface area contributed by atoms with Crippen LogP contribution >= 0.6 is 0 Å². The summed E-state index contributed by atoms with van der Waals surface area (Å²) in [6.45, 7) is 2.38. The second kappa shape index (κ2) is 10.2. The Kier molecular flexibility index (Phi) is 7.65. The maximum Gasteiger partial charge on any atom is 0.482 e. The molecule has 0 N–H and O–H groups in total. The standard InChI is InChI=1S/C24H18F8N2O3/c1-4-6-11(5-2)9-33(3)16(35)10-34-14-7-12(13(25)8-15(14)37-24(31,32)23(34)36)17-18(26)20(28)22(30)21(29)19(17)27/h4-8H,9-10H2,1-3H3/b6-4-,11-5+. The first kappa shape index (κ1) is 27.7. The molecule has 0 saturated heterocycles. The predicted molar refractivity (Wildman–Crippen MR) is 116 cm³/mol. The molecule has 0 aliphatic carbocycles. The van der Waals surface area contributed by atoms with E-state index in [4.69, 9.17) is 0 Å². The zero-order valence-corrected chi connectivity index (χ0v) is 19.4. The van der Waals surface area contributed by atoms with Gasteiger partial charge in [0.05, 0.1) is 11.3 Å². The van der Waals surface area contributed by atoms with Crippen LogP contribution in [-0.2, 0) is 9.59 Å². The number of fused-ring (bicyclic) bond motifs is 1. The van der Waals surface area contributed by atoms with Crippen molar-refractivity contribution in [3.8, 4) is 16.9 Å². The number of carbonyl (C=O) groups is 2. The van der Waals surface area contributed by atoms with Crippen molar-refractivity contribution in [2.45, 2.75) is 20.0 Å². The van der Waals surface area contributed by atoms with E-state index in [-0.39, 0.29) is 17.5 Å². The summed E-state index contributed by atoms with van der Waals surface area (Å²) in [7, 11) is 1.31. The Labute approximate surface area is 205 Å². The molecular formula is C24H18F8N2O3. The monoisotopic (exact) mass is 534 g/mol. The van der Waals surface area contributed by atoms with E-state index in [1.165, 1.54) is 7.05 Å². The van der Waals surface area contributed by atoms with Gasteiger partial charge in [-0.15, -0.1) is 0 Å². The first-order valence-electron chi connectivity index (χ1n) is 10.5. The number of alkyl halides is 2. The lowest BCUT2D eigenvalue weighted by atomic mass is 10.0. The Morgan fingerprint density at radius 1 is 1.00 bits per heavy atom. The van der Waals surface area contributed by atoms with Gasteiger partial charge in [0.15, 0.2) is 29.0 Å². The van der Waals surface area contributed by atoms with E-state index >= 15 is 0 Å². The number of hydrogen-bond donors (Lipinski definition) is 0. The van der Waals surface area contributed by atoms with Crippen LogP contribution in [0, 0.1) is 34.9 Å². The fraction of sp³-hybridized carbons (Fsp3) is 0.250. The summed E-state index contributed by atoms with van der Waals surface area (Å²) in [5.41, 5.74) is -3.04. The highest BCUT2D eigenvalue weighted by molar-refractivity contribution is 6.05. The number of nitrogens with zero attached hydrogens (tertiary/aromatic N) is 2. The molecule has 37 heavy (non-hydrogen) atoms. The normalized spacial score (nSPS) is 15.2. The zero-order valence-electron chi connectivity index (χ0n) is 19.4. The van der Waals surface area contributed by atoms with E-state index in [0.29, 0.717) is 11.6 Å². The molecule has 1 aliphatic rings. The number of anilines is 1. The fourth-order valence-corrected chi connectivity index (χ4v) is 3.55. The van der Waals surface area contributed by atoms with Crippen LogP contribution in [0.15, 0.2) is 35.9 Å². The average molecular weight is 534 g/mol. The molecule has 1 heterocycles. The molecule has 0 radical (unpaired) electrons. The van der Waals surface area contributed by atoms with Crippen LogP contribution in [-0.4, -0.2) is 43.0 Å². The highest BCUT2D eigenvalue weighted by atomic mass is 19.3. The molecule has 0 aromatic heterocycles. The minimum atomic E-state index is -4.55. The van der Waals surface area contributed by atoms with Crippen molar-refractivity contribution < 1.29 is 49.4 Å². The molecule has 2 aromatic rings. The number of ether oxygens (including phenoxy) is 1. The quantitative estimate of drug-likeness (QED) is 0.213. The Hall–Kier alpha value is -3.90. The maximum atomic E-state index is 14.7. The molecule has 198 valence electrons. The van der Waals surface area contributed by atoms with Crippen molar-refractivity contribution in [3.63, 3.8) is 0 Å². The summed E-state index contributed by atoms with van der Waals surface area (Å²) >= 11 is 0. The first-order valence-corrected chi connectivity index (χ1v) is 10.5. The number of carbonyl (C=O) groups excluding carboxylic acids is 2. The number of rotatable bonds is 6. The molecule has 0 atom stereocenters. The number of amides is 2. The lowest BCUT2D eigenvalue weighted by molar-refractivity contribution is -0.193. The third-order valence-electron chi connectivity index (χ3n) is 5.44. The van der Waals surface area contributed by atoms with Gasteiger partial charge in [-0.2, -0.15) is 8.78 Å². The highest BCUT2D eigenvalue weighted by Gasteiger charge is 2.51. The molecule has 1 aliphatic heterocycles. The van der Waals surface area contributed by atoms with E-state index in [1.54, 1.807) is 32.1 Å². The lowest BCUT2D eigenvalue weighted by Gasteiger charge is -2.34. The predicted octanol–water partition coefficient (Wildman–Crippen LogP) is 5.49. The van der Waals surface area contributed by atoms with E-state index in [9.17, 15) is 44.7 Å². The van der Waals surface area contributed by atoms with Crippen molar-refractivity contribution >= 4 is 17.5 Å². The van der Waals surface area contributed by atoms with Gasteiger partial charge >= 0.3 is 12.0 Å². The van der Waals surface area contributed by atoms with E-state index in [0.717, 1.165) is 4.90 Å². The second-order valence-electron chi connectivity index (χ2n) is 7.87. The van der Waals surface area contributed by atoms with Gasteiger partial charge in [-0.3, -0.25) is 14.5 Å². The van der Waals surface area contributed by atoms with Gasteiger partial charge in [0.1, 0.15) is 12.4 Å². The second-order valence-corrected chi connectivity index (χ2v) is 7.87. The first-order chi connectivity index (χ1) is 17.2. The van der Waals surface area contributed by atoms with Crippen molar-refractivity contribution in [2.24, 2.45) is 0 Å². The average Bonchev–Trinajstić information content (AvgIpc) is 2.84. The van der Waals surface area contributed by atoms with E-state index in [1.807, 2.05) is 0 Å². The smallest absolute Gasteiger partial charge is 0.423 e. The number of likely N-dealkylation sites (N-methyl/N-ethyl adjacent to an activating group) is 1. The Balaban J connectivity index is 2.12. The van der Waals surface area contributed by atoms with Crippen LogP contribution in [0.1, 0.15) is 13.8 Å². The minimum Gasteiger partial charge on any atom is -0.423 e.